The fourth-order valence-electron chi connectivity index (χ4n) is 2.12. The first-order chi connectivity index (χ1) is 10.4. The summed E-state index contributed by atoms with van der Waals surface area (Å²) in [5.41, 5.74) is -1.05. The number of nitro groups is 1. The number of carbonyl (C=O) groups is 3. The van der Waals surface area contributed by atoms with E-state index in [0.717, 1.165) is 18.2 Å². The third kappa shape index (κ3) is 3.37. The molecule has 1 aliphatic rings. The number of aromatic carboxylic acids is 1. The van der Waals surface area contributed by atoms with Crippen molar-refractivity contribution in [1.82, 2.24) is 10.6 Å². The van der Waals surface area contributed by atoms with E-state index in [0.29, 0.717) is 19.4 Å². The molecular weight excluding hydrogens is 294 g/mol. The largest absolute Gasteiger partial charge is 0.478 e. The van der Waals surface area contributed by atoms with Crippen molar-refractivity contribution in [2.45, 2.75) is 18.9 Å². The van der Waals surface area contributed by atoms with Crippen LogP contribution in [0.2, 0.25) is 0 Å². The number of non-ortho nitro benzene ring substituents is 1. The molecule has 1 fully saturated rings. The summed E-state index contributed by atoms with van der Waals surface area (Å²) < 4.78 is 0. The van der Waals surface area contributed by atoms with Crippen molar-refractivity contribution < 1.29 is 24.4 Å². The Kier molecular flexibility index (Phi) is 4.35. The summed E-state index contributed by atoms with van der Waals surface area (Å²) in [5, 5.41) is 24.8. The number of carboxylic acid groups (broad SMARTS) is 1. The summed E-state index contributed by atoms with van der Waals surface area (Å²) >= 11 is 0. The number of rotatable bonds is 4. The lowest BCUT2D eigenvalue weighted by atomic mass is 10.0. The van der Waals surface area contributed by atoms with Crippen LogP contribution in [0.3, 0.4) is 0 Å². The zero-order valence-electron chi connectivity index (χ0n) is 11.4. The molecule has 9 nitrogen and oxygen atoms in total. The van der Waals surface area contributed by atoms with E-state index >= 15 is 0 Å². The molecule has 0 radical (unpaired) electrons. The molecule has 116 valence electrons. The summed E-state index contributed by atoms with van der Waals surface area (Å²) in [6.45, 7) is 0.533. The second-order valence-corrected chi connectivity index (χ2v) is 4.79. The molecule has 2 amide bonds. The minimum atomic E-state index is -1.38. The van der Waals surface area contributed by atoms with Crippen LogP contribution in [0, 0.1) is 10.1 Å². The van der Waals surface area contributed by atoms with E-state index in [9.17, 15) is 24.5 Å². The van der Waals surface area contributed by atoms with Gasteiger partial charge < -0.3 is 15.7 Å². The quantitative estimate of drug-likeness (QED) is 0.540. The molecule has 22 heavy (non-hydrogen) atoms. The minimum Gasteiger partial charge on any atom is -0.478 e. The smallest absolute Gasteiger partial charge is 0.335 e. The van der Waals surface area contributed by atoms with Crippen molar-refractivity contribution in [3.05, 3.63) is 39.4 Å². The van der Waals surface area contributed by atoms with Crippen LogP contribution in [-0.4, -0.2) is 40.4 Å². The second-order valence-electron chi connectivity index (χ2n) is 4.79. The summed E-state index contributed by atoms with van der Waals surface area (Å²) in [6, 6.07) is 2.15. The van der Waals surface area contributed by atoms with Crippen LogP contribution in [0.1, 0.15) is 33.6 Å². The van der Waals surface area contributed by atoms with Crippen molar-refractivity contribution in [1.29, 1.82) is 0 Å². The Balaban J connectivity index is 2.26. The van der Waals surface area contributed by atoms with Crippen LogP contribution in [-0.2, 0) is 4.79 Å². The summed E-state index contributed by atoms with van der Waals surface area (Å²) in [4.78, 5) is 44.7. The number of carboxylic acids is 1. The maximum Gasteiger partial charge on any atom is 0.335 e. The molecule has 0 spiro atoms. The van der Waals surface area contributed by atoms with Crippen LogP contribution in [0.25, 0.3) is 0 Å². The van der Waals surface area contributed by atoms with Crippen molar-refractivity contribution in [3.8, 4) is 0 Å². The van der Waals surface area contributed by atoms with Gasteiger partial charge in [-0.2, -0.15) is 0 Å². The average molecular weight is 307 g/mol. The van der Waals surface area contributed by atoms with Crippen molar-refractivity contribution in [3.63, 3.8) is 0 Å². The van der Waals surface area contributed by atoms with Gasteiger partial charge in [0.25, 0.3) is 11.6 Å². The first-order valence-corrected chi connectivity index (χ1v) is 6.50. The van der Waals surface area contributed by atoms with E-state index in [4.69, 9.17) is 5.11 Å². The van der Waals surface area contributed by atoms with Crippen LogP contribution >= 0.6 is 0 Å². The highest BCUT2D eigenvalue weighted by Crippen LogP contribution is 2.18. The third-order valence-corrected chi connectivity index (χ3v) is 3.23. The zero-order chi connectivity index (χ0) is 16.3. The molecule has 0 aliphatic carbocycles. The number of nitrogens with one attached hydrogen (secondary N) is 2. The molecule has 1 aromatic carbocycles. The zero-order valence-corrected chi connectivity index (χ0v) is 11.4. The standard InChI is InChI=1S/C13H13N3O6/c17-11(15-10-2-1-3-14-12(10)18)7-4-8(13(19)20)6-9(5-7)16(21)22/h4-6,10H,1-3H2,(H,14,18)(H,15,17)(H,19,20). The van der Waals surface area contributed by atoms with Gasteiger partial charge in [-0.25, -0.2) is 4.79 Å². The van der Waals surface area contributed by atoms with Gasteiger partial charge in [0.2, 0.25) is 5.91 Å². The van der Waals surface area contributed by atoms with E-state index in [1.54, 1.807) is 0 Å². The molecule has 1 aliphatic heterocycles. The Morgan fingerprint density at radius 3 is 2.59 bits per heavy atom. The number of benzene rings is 1. The Morgan fingerprint density at radius 2 is 2.00 bits per heavy atom. The fourth-order valence-corrected chi connectivity index (χ4v) is 2.12. The maximum atomic E-state index is 12.1. The number of amides is 2. The normalized spacial score (nSPS) is 17.5. The Labute approximate surface area is 124 Å². The highest BCUT2D eigenvalue weighted by atomic mass is 16.6. The fraction of sp³-hybridized carbons (Fsp3) is 0.308. The molecule has 9 heteroatoms. The second kappa shape index (κ2) is 6.20. The SMILES string of the molecule is O=C(O)c1cc(C(=O)NC2CCCNC2=O)cc([N+](=O)[O-])c1. The number of carbonyl (C=O) groups excluding carboxylic acids is 2. The molecule has 0 bridgehead atoms. The lowest BCUT2D eigenvalue weighted by Crippen LogP contribution is -2.50. The van der Waals surface area contributed by atoms with E-state index in [1.807, 2.05) is 0 Å². The van der Waals surface area contributed by atoms with Crippen molar-refractivity contribution in [2.24, 2.45) is 0 Å². The molecule has 0 aromatic heterocycles. The highest BCUT2D eigenvalue weighted by molar-refractivity contribution is 6.00. The molecule has 1 aromatic rings. The van der Waals surface area contributed by atoms with Crippen molar-refractivity contribution >= 4 is 23.5 Å². The van der Waals surface area contributed by atoms with Gasteiger partial charge in [-0.05, 0) is 18.9 Å². The number of hydrogen-bond acceptors (Lipinski definition) is 5. The van der Waals surface area contributed by atoms with Gasteiger partial charge >= 0.3 is 5.97 Å². The van der Waals surface area contributed by atoms with Gasteiger partial charge in [0.15, 0.2) is 0 Å². The summed E-state index contributed by atoms with van der Waals surface area (Å²) in [7, 11) is 0. The van der Waals surface area contributed by atoms with Gasteiger partial charge in [-0.1, -0.05) is 0 Å². The predicted molar refractivity (Wildman–Crippen MR) is 73.6 cm³/mol. The molecule has 1 heterocycles. The van der Waals surface area contributed by atoms with Gasteiger partial charge in [0.1, 0.15) is 6.04 Å². The summed E-state index contributed by atoms with van der Waals surface area (Å²) in [6.07, 6.45) is 1.16. The number of nitrogens with zero attached hydrogens (tertiary/aromatic N) is 1. The van der Waals surface area contributed by atoms with E-state index in [2.05, 4.69) is 10.6 Å². The lowest BCUT2D eigenvalue weighted by Gasteiger charge is -2.22. The van der Waals surface area contributed by atoms with Crippen LogP contribution in [0.5, 0.6) is 0 Å². The first kappa shape index (κ1) is 15.4. The number of hydrogen-bond donors (Lipinski definition) is 3. The molecule has 1 unspecified atom stereocenters. The van der Waals surface area contributed by atoms with Gasteiger partial charge in [-0.15, -0.1) is 0 Å². The average Bonchev–Trinajstić information content (AvgIpc) is 2.49. The highest BCUT2D eigenvalue weighted by Gasteiger charge is 2.25. The number of nitro benzene ring substituents is 1. The predicted octanol–water partition coefficient (Wildman–Crippen LogP) is 0.301. The van der Waals surface area contributed by atoms with Gasteiger partial charge in [0, 0.05) is 24.2 Å². The Morgan fingerprint density at radius 1 is 1.32 bits per heavy atom. The van der Waals surface area contributed by atoms with E-state index in [1.165, 1.54) is 0 Å². The van der Waals surface area contributed by atoms with Crippen molar-refractivity contribution in [2.75, 3.05) is 6.54 Å². The lowest BCUT2D eigenvalue weighted by molar-refractivity contribution is -0.384. The maximum absolute atomic E-state index is 12.1. The monoisotopic (exact) mass is 307 g/mol. The molecule has 0 saturated carbocycles. The number of piperidine rings is 1. The summed E-state index contributed by atoms with van der Waals surface area (Å²) in [5.74, 6) is -2.44. The van der Waals surface area contributed by atoms with Crippen LogP contribution in [0.15, 0.2) is 18.2 Å². The Bertz CT molecular complexity index is 625. The van der Waals surface area contributed by atoms with Gasteiger partial charge in [-0.3, -0.25) is 19.7 Å². The molecule has 1 atom stereocenters. The minimum absolute atomic E-state index is 0.176. The topological polar surface area (TPSA) is 139 Å². The first-order valence-electron chi connectivity index (χ1n) is 6.50. The van der Waals surface area contributed by atoms with E-state index in [-0.39, 0.29) is 17.0 Å². The van der Waals surface area contributed by atoms with Gasteiger partial charge in [0.05, 0.1) is 10.5 Å². The molecule has 3 N–H and O–H groups in total. The molecule has 1 saturated heterocycles. The molecular formula is C13H13N3O6. The third-order valence-electron chi connectivity index (χ3n) is 3.23. The van der Waals surface area contributed by atoms with E-state index < -0.39 is 28.5 Å². The molecule has 2 rings (SSSR count). The van der Waals surface area contributed by atoms with Crippen LogP contribution in [0.4, 0.5) is 5.69 Å². The Hall–Kier alpha value is -2.97. The van der Waals surface area contributed by atoms with Crippen LogP contribution < -0.4 is 10.6 Å².